The van der Waals surface area contributed by atoms with Gasteiger partial charge in [0, 0.05) is 13.2 Å². The summed E-state index contributed by atoms with van der Waals surface area (Å²) >= 11 is 0. The average molecular weight is 244 g/mol. The van der Waals surface area contributed by atoms with Gasteiger partial charge in [0.25, 0.3) is 0 Å². The highest BCUT2D eigenvalue weighted by Crippen LogP contribution is 2.31. The van der Waals surface area contributed by atoms with Gasteiger partial charge in [-0.25, -0.2) is 0 Å². The highest BCUT2D eigenvalue weighted by Gasteiger charge is 2.30. The zero-order valence-corrected chi connectivity index (χ0v) is 8.88. The molecule has 0 atom stereocenters. The second kappa shape index (κ2) is 5.55. The average Bonchev–Trinajstić information content (AvgIpc) is 2.28. The molecule has 0 aromatic heterocycles. The fraction of sp³-hybridized carbons (Fsp3) is 0.364. The molecule has 0 amide bonds. The number of nitrogens with one attached hydrogen (secondary N) is 1. The molecule has 0 spiro atoms. The number of rotatable bonds is 4. The van der Waals surface area contributed by atoms with Crippen LogP contribution in [-0.4, -0.2) is 18.3 Å². The molecule has 0 aliphatic carbocycles. The van der Waals surface area contributed by atoms with Crippen LogP contribution in [0.25, 0.3) is 0 Å². The summed E-state index contributed by atoms with van der Waals surface area (Å²) < 4.78 is 37.1. The molecule has 17 heavy (non-hydrogen) atoms. The van der Waals surface area contributed by atoms with Gasteiger partial charge in [-0.3, -0.25) is 0 Å². The van der Waals surface area contributed by atoms with Crippen LogP contribution in [0.5, 0.6) is 0 Å². The van der Waals surface area contributed by atoms with E-state index in [-0.39, 0.29) is 12.2 Å². The van der Waals surface area contributed by atoms with Gasteiger partial charge in [0.1, 0.15) is 6.07 Å². The molecule has 0 radical (unpaired) electrons. The van der Waals surface area contributed by atoms with Crippen molar-refractivity contribution in [3.8, 4) is 6.07 Å². The van der Waals surface area contributed by atoms with E-state index >= 15 is 0 Å². The van der Waals surface area contributed by atoms with E-state index in [0.717, 1.165) is 12.1 Å². The van der Waals surface area contributed by atoms with E-state index in [0.29, 0.717) is 18.7 Å². The highest BCUT2D eigenvalue weighted by molar-refractivity contribution is 5.58. The molecule has 92 valence electrons. The molecule has 1 aromatic carbocycles. The van der Waals surface area contributed by atoms with E-state index < -0.39 is 11.7 Å². The SMILES string of the molecule is N#Cc1cc(C(F)(F)F)ccc1NCCCO. The zero-order chi connectivity index (χ0) is 12.9. The number of halogens is 3. The topological polar surface area (TPSA) is 56.0 Å². The summed E-state index contributed by atoms with van der Waals surface area (Å²) in [5, 5.41) is 20.1. The number of nitrogens with zero attached hydrogens (tertiary/aromatic N) is 1. The molecule has 2 N–H and O–H groups in total. The summed E-state index contributed by atoms with van der Waals surface area (Å²) in [5.74, 6) is 0. The lowest BCUT2D eigenvalue weighted by molar-refractivity contribution is -0.137. The molecule has 0 aliphatic rings. The highest BCUT2D eigenvalue weighted by atomic mass is 19.4. The molecular formula is C11H11F3N2O. The molecule has 0 unspecified atom stereocenters. The van der Waals surface area contributed by atoms with Crippen LogP contribution in [0.3, 0.4) is 0 Å². The molecule has 0 heterocycles. The van der Waals surface area contributed by atoms with Crippen molar-refractivity contribution in [3.63, 3.8) is 0 Å². The first-order chi connectivity index (χ1) is 7.99. The van der Waals surface area contributed by atoms with E-state index in [9.17, 15) is 13.2 Å². The van der Waals surface area contributed by atoms with Crippen molar-refractivity contribution >= 4 is 5.69 Å². The van der Waals surface area contributed by atoms with Crippen LogP contribution in [0.15, 0.2) is 18.2 Å². The quantitative estimate of drug-likeness (QED) is 0.799. The van der Waals surface area contributed by atoms with Gasteiger partial charge in [-0.15, -0.1) is 0 Å². The fourth-order valence-corrected chi connectivity index (χ4v) is 1.27. The molecule has 0 saturated heterocycles. The number of aliphatic hydroxyl groups is 1. The lowest BCUT2D eigenvalue weighted by atomic mass is 10.1. The number of alkyl halides is 3. The molecule has 0 bridgehead atoms. The van der Waals surface area contributed by atoms with Gasteiger partial charge in [0.2, 0.25) is 0 Å². The first-order valence-electron chi connectivity index (χ1n) is 4.95. The van der Waals surface area contributed by atoms with E-state index in [4.69, 9.17) is 10.4 Å². The fourth-order valence-electron chi connectivity index (χ4n) is 1.27. The van der Waals surface area contributed by atoms with Crippen molar-refractivity contribution < 1.29 is 18.3 Å². The normalized spacial score (nSPS) is 11.0. The number of benzene rings is 1. The number of hydrogen-bond acceptors (Lipinski definition) is 3. The Morgan fingerprint density at radius 1 is 1.35 bits per heavy atom. The largest absolute Gasteiger partial charge is 0.416 e. The van der Waals surface area contributed by atoms with Crippen molar-refractivity contribution in [2.45, 2.75) is 12.6 Å². The summed E-state index contributed by atoms with van der Waals surface area (Å²) in [7, 11) is 0. The van der Waals surface area contributed by atoms with E-state index in [1.54, 1.807) is 6.07 Å². The third kappa shape index (κ3) is 3.64. The van der Waals surface area contributed by atoms with Gasteiger partial charge in [0.15, 0.2) is 0 Å². The summed E-state index contributed by atoms with van der Waals surface area (Å²) in [4.78, 5) is 0. The Kier molecular flexibility index (Phi) is 4.35. The summed E-state index contributed by atoms with van der Waals surface area (Å²) in [6.45, 7) is 0.381. The Balaban J connectivity index is 2.91. The van der Waals surface area contributed by atoms with E-state index in [1.807, 2.05) is 0 Å². The maximum absolute atomic E-state index is 12.4. The number of aliphatic hydroxyl groups excluding tert-OH is 1. The Morgan fingerprint density at radius 3 is 2.59 bits per heavy atom. The minimum absolute atomic E-state index is 0.0183. The van der Waals surface area contributed by atoms with Crippen LogP contribution in [0.1, 0.15) is 17.5 Å². The third-order valence-corrected chi connectivity index (χ3v) is 2.12. The van der Waals surface area contributed by atoms with Crippen molar-refractivity contribution in [3.05, 3.63) is 29.3 Å². The van der Waals surface area contributed by atoms with Crippen LogP contribution in [0.4, 0.5) is 18.9 Å². The van der Waals surface area contributed by atoms with Gasteiger partial charge in [0.05, 0.1) is 16.8 Å². The van der Waals surface area contributed by atoms with E-state index in [1.165, 1.54) is 6.07 Å². The van der Waals surface area contributed by atoms with E-state index in [2.05, 4.69) is 5.32 Å². The lowest BCUT2D eigenvalue weighted by Crippen LogP contribution is -2.08. The lowest BCUT2D eigenvalue weighted by Gasteiger charge is -2.11. The first-order valence-corrected chi connectivity index (χ1v) is 4.95. The summed E-state index contributed by atoms with van der Waals surface area (Å²) in [6.07, 6.45) is -3.99. The first kappa shape index (κ1) is 13.3. The van der Waals surface area contributed by atoms with Crippen molar-refractivity contribution in [2.75, 3.05) is 18.5 Å². The van der Waals surface area contributed by atoms with Crippen LogP contribution in [-0.2, 0) is 6.18 Å². The molecule has 1 aromatic rings. The third-order valence-electron chi connectivity index (χ3n) is 2.12. The second-order valence-corrected chi connectivity index (χ2v) is 3.37. The molecular weight excluding hydrogens is 233 g/mol. The van der Waals surface area contributed by atoms with Gasteiger partial charge in [-0.1, -0.05) is 0 Å². The number of nitriles is 1. The van der Waals surface area contributed by atoms with Crippen LogP contribution in [0, 0.1) is 11.3 Å². The minimum Gasteiger partial charge on any atom is -0.396 e. The number of hydrogen-bond donors (Lipinski definition) is 2. The predicted octanol–water partition coefficient (Wildman–Crippen LogP) is 2.37. The predicted molar refractivity (Wildman–Crippen MR) is 56.4 cm³/mol. The zero-order valence-electron chi connectivity index (χ0n) is 8.88. The maximum atomic E-state index is 12.4. The summed E-state index contributed by atoms with van der Waals surface area (Å²) in [6, 6.07) is 4.66. The smallest absolute Gasteiger partial charge is 0.396 e. The van der Waals surface area contributed by atoms with Gasteiger partial charge < -0.3 is 10.4 Å². The molecule has 1 rings (SSSR count). The van der Waals surface area contributed by atoms with Crippen LogP contribution < -0.4 is 5.32 Å². The van der Waals surface area contributed by atoms with Crippen LogP contribution in [0.2, 0.25) is 0 Å². The second-order valence-electron chi connectivity index (χ2n) is 3.37. The van der Waals surface area contributed by atoms with Crippen molar-refractivity contribution in [2.24, 2.45) is 0 Å². The molecule has 0 saturated carbocycles. The Bertz CT molecular complexity index is 424. The Hall–Kier alpha value is -1.74. The van der Waals surface area contributed by atoms with Gasteiger partial charge >= 0.3 is 6.18 Å². The standard InChI is InChI=1S/C11H11F3N2O/c12-11(13,14)9-2-3-10(8(6-9)7-15)16-4-1-5-17/h2-3,6,16-17H,1,4-5H2. The molecule has 6 heteroatoms. The van der Waals surface area contributed by atoms with Crippen molar-refractivity contribution in [1.82, 2.24) is 0 Å². The molecule has 3 nitrogen and oxygen atoms in total. The Labute approximate surface area is 96.5 Å². The van der Waals surface area contributed by atoms with Gasteiger partial charge in [-0.05, 0) is 24.6 Å². The van der Waals surface area contributed by atoms with Gasteiger partial charge in [-0.2, -0.15) is 18.4 Å². The monoisotopic (exact) mass is 244 g/mol. The minimum atomic E-state index is -4.45. The van der Waals surface area contributed by atoms with Crippen LogP contribution >= 0.6 is 0 Å². The summed E-state index contributed by atoms with van der Waals surface area (Å²) in [5.41, 5.74) is -0.562. The molecule has 0 fully saturated rings. The maximum Gasteiger partial charge on any atom is 0.416 e. The van der Waals surface area contributed by atoms with Crippen molar-refractivity contribution in [1.29, 1.82) is 5.26 Å². The molecule has 0 aliphatic heterocycles. The Morgan fingerprint density at radius 2 is 2.06 bits per heavy atom. The number of anilines is 1.